The summed E-state index contributed by atoms with van der Waals surface area (Å²) < 4.78 is 2.19. The highest BCUT2D eigenvalue weighted by Gasteiger charge is 2.04. The third-order valence-corrected chi connectivity index (χ3v) is 4.90. The van der Waals surface area contributed by atoms with Crippen LogP contribution < -0.4 is 17.0 Å². The number of halogens is 1. The van der Waals surface area contributed by atoms with Gasteiger partial charge in [0.05, 0.1) is 7.05 Å². The standard InChI is InChI=1S/C22H40N2.ClH/c1-3-4-5-6-7-8-9-10-11-12-13-14-15-16-17-18-19-22-23-20-21-24(22)2;/h10-11,20-21H,3-9,12-19H2,1-2H3;1H/b11-10-;. The molecule has 146 valence electrons. The Balaban J connectivity index is 0.00000576. The molecular weight excluding hydrogens is 328 g/mol. The fourth-order valence-electron chi connectivity index (χ4n) is 3.23. The molecule has 1 rings (SSSR count). The van der Waals surface area contributed by atoms with Gasteiger partial charge in [-0.25, -0.2) is 9.55 Å². The molecule has 0 bridgehead atoms. The van der Waals surface area contributed by atoms with Crippen LogP contribution in [0.1, 0.15) is 103 Å². The van der Waals surface area contributed by atoms with E-state index in [0.29, 0.717) is 0 Å². The molecule has 0 fully saturated rings. The SMILES string of the molecule is CCCCCCCC/C=C\CCCCCCCCc1[nH]cc[n+]1C.[Cl-]. The van der Waals surface area contributed by atoms with E-state index in [9.17, 15) is 0 Å². The van der Waals surface area contributed by atoms with Crippen molar-refractivity contribution in [3.63, 3.8) is 0 Å². The van der Waals surface area contributed by atoms with E-state index in [4.69, 9.17) is 0 Å². The van der Waals surface area contributed by atoms with Gasteiger partial charge in [0.2, 0.25) is 0 Å². The number of aryl methyl sites for hydroxylation is 2. The van der Waals surface area contributed by atoms with Crippen LogP contribution in [0.15, 0.2) is 24.5 Å². The number of unbranched alkanes of at least 4 members (excludes halogenated alkanes) is 12. The molecule has 0 radical (unpaired) electrons. The number of nitrogens with one attached hydrogen (secondary N) is 1. The van der Waals surface area contributed by atoms with Gasteiger partial charge < -0.3 is 12.4 Å². The van der Waals surface area contributed by atoms with Crippen LogP contribution in [-0.2, 0) is 13.5 Å². The summed E-state index contributed by atoms with van der Waals surface area (Å²) in [6.45, 7) is 2.28. The Morgan fingerprint density at radius 2 is 1.32 bits per heavy atom. The van der Waals surface area contributed by atoms with Crippen LogP contribution in [0.3, 0.4) is 0 Å². The molecular formula is C22H41ClN2. The second kappa shape index (κ2) is 18.0. The van der Waals surface area contributed by atoms with Crippen LogP contribution in [0.5, 0.6) is 0 Å². The molecule has 0 unspecified atom stereocenters. The molecule has 0 aliphatic heterocycles. The van der Waals surface area contributed by atoms with Crippen LogP contribution >= 0.6 is 0 Å². The summed E-state index contributed by atoms with van der Waals surface area (Å²) in [6, 6.07) is 0. The number of allylic oxidation sites excluding steroid dienone is 2. The van der Waals surface area contributed by atoms with Crippen molar-refractivity contribution in [3.05, 3.63) is 30.4 Å². The second-order valence-corrected chi connectivity index (χ2v) is 7.21. The highest BCUT2D eigenvalue weighted by Crippen LogP contribution is 2.10. The zero-order valence-corrected chi connectivity index (χ0v) is 17.5. The molecule has 2 nitrogen and oxygen atoms in total. The predicted molar refractivity (Wildman–Crippen MR) is 105 cm³/mol. The van der Waals surface area contributed by atoms with E-state index >= 15 is 0 Å². The van der Waals surface area contributed by atoms with Crippen molar-refractivity contribution < 1.29 is 17.0 Å². The molecule has 0 saturated carbocycles. The number of H-pyrrole nitrogens is 1. The Bertz CT molecular complexity index is 412. The zero-order chi connectivity index (χ0) is 17.3. The first-order valence-corrected chi connectivity index (χ1v) is 10.5. The third kappa shape index (κ3) is 14.1. The summed E-state index contributed by atoms with van der Waals surface area (Å²) in [5.74, 6) is 1.35. The normalized spacial score (nSPS) is 11.1. The van der Waals surface area contributed by atoms with Gasteiger partial charge in [0, 0.05) is 6.42 Å². The van der Waals surface area contributed by atoms with Gasteiger partial charge >= 0.3 is 0 Å². The highest BCUT2D eigenvalue weighted by molar-refractivity contribution is 4.81. The average molecular weight is 369 g/mol. The molecule has 1 aromatic rings. The molecule has 0 atom stereocenters. The Morgan fingerprint density at radius 3 is 1.84 bits per heavy atom. The largest absolute Gasteiger partial charge is 1.00 e. The van der Waals surface area contributed by atoms with Crippen molar-refractivity contribution in [2.45, 2.75) is 103 Å². The lowest BCUT2D eigenvalue weighted by Crippen LogP contribution is -3.00. The predicted octanol–water partition coefficient (Wildman–Crippen LogP) is 3.42. The van der Waals surface area contributed by atoms with Crippen molar-refractivity contribution in [3.8, 4) is 0 Å². The second-order valence-electron chi connectivity index (χ2n) is 7.21. The van der Waals surface area contributed by atoms with E-state index in [2.05, 4.69) is 41.9 Å². The number of hydrogen-bond acceptors (Lipinski definition) is 0. The number of hydrogen-bond donors (Lipinski definition) is 1. The topological polar surface area (TPSA) is 19.7 Å². The fourth-order valence-corrected chi connectivity index (χ4v) is 3.23. The molecule has 0 aliphatic carbocycles. The van der Waals surface area contributed by atoms with Gasteiger partial charge in [-0.15, -0.1) is 0 Å². The van der Waals surface area contributed by atoms with Gasteiger partial charge in [-0.05, 0) is 32.1 Å². The first kappa shape index (κ1) is 24.2. The lowest BCUT2D eigenvalue weighted by molar-refractivity contribution is -0.677. The Kier molecular flexibility index (Phi) is 17.5. The van der Waals surface area contributed by atoms with Crippen LogP contribution in [-0.4, -0.2) is 4.98 Å². The number of aromatic nitrogens is 2. The summed E-state index contributed by atoms with van der Waals surface area (Å²) in [4.78, 5) is 3.31. The number of aromatic amines is 1. The van der Waals surface area contributed by atoms with Gasteiger partial charge in [-0.2, -0.15) is 0 Å². The average Bonchev–Trinajstić information content (AvgIpc) is 2.99. The van der Waals surface area contributed by atoms with Crippen LogP contribution in [0, 0.1) is 0 Å². The van der Waals surface area contributed by atoms with Gasteiger partial charge in [0.15, 0.2) is 0 Å². The van der Waals surface area contributed by atoms with E-state index in [1.54, 1.807) is 0 Å². The maximum absolute atomic E-state index is 3.31. The fraction of sp³-hybridized carbons (Fsp3) is 0.773. The van der Waals surface area contributed by atoms with Crippen LogP contribution in [0.25, 0.3) is 0 Å². The van der Waals surface area contributed by atoms with Gasteiger partial charge in [-0.3, -0.25) is 0 Å². The molecule has 0 amide bonds. The van der Waals surface area contributed by atoms with Crippen molar-refractivity contribution >= 4 is 0 Å². The first-order chi connectivity index (χ1) is 11.8. The van der Waals surface area contributed by atoms with Crippen molar-refractivity contribution in [1.29, 1.82) is 0 Å². The third-order valence-electron chi connectivity index (χ3n) is 4.90. The number of nitrogens with zero attached hydrogens (tertiary/aromatic N) is 1. The Hall–Kier alpha value is -0.760. The maximum atomic E-state index is 3.31. The minimum absolute atomic E-state index is 0. The van der Waals surface area contributed by atoms with Crippen molar-refractivity contribution in [1.82, 2.24) is 4.98 Å². The molecule has 1 N–H and O–H groups in total. The Morgan fingerprint density at radius 1 is 0.800 bits per heavy atom. The molecule has 25 heavy (non-hydrogen) atoms. The van der Waals surface area contributed by atoms with Crippen LogP contribution in [0.2, 0.25) is 0 Å². The summed E-state index contributed by atoms with van der Waals surface area (Å²) in [7, 11) is 2.12. The lowest BCUT2D eigenvalue weighted by Gasteiger charge is -2.00. The summed E-state index contributed by atoms with van der Waals surface area (Å²) in [5, 5.41) is 0. The summed E-state index contributed by atoms with van der Waals surface area (Å²) in [6.07, 6.45) is 29.4. The van der Waals surface area contributed by atoms with E-state index < -0.39 is 0 Å². The molecule has 1 heterocycles. The Labute approximate surface area is 162 Å². The van der Waals surface area contributed by atoms with E-state index in [1.807, 2.05) is 6.20 Å². The first-order valence-electron chi connectivity index (χ1n) is 10.5. The highest BCUT2D eigenvalue weighted by atomic mass is 35.5. The number of rotatable bonds is 16. The quantitative estimate of drug-likeness (QED) is 0.262. The van der Waals surface area contributed by atoms with Gasteiger partial charge in [0.1, 0.15) is 12.4 Å². The van der Waals surface area contributed by atoms with Crippen LogP contribution in [0.4, 0.5) is 0 Å². The van der Waals surface area contributed by atoms with E-state index in [0.717, 1.165) is 0 Å². The zero-order valence-electron chi connectivity index (χ0n) is 16.7. The molecule has 3 heteroatoms. The van der Waals surface area contributed by atoms with E-state index in [-0.39, 0.29) is 12.4 Å². The van der Waals surface area contributed by atoms with E-state index in [1.165, 1.54) is 102 Å². The monoisotopic (exact) mass is 368 g/mol. The van der Waals surface area contributed by atoms with Gasteiger partial charge in [0.25, 0.3) is 5.82 Å². The summed E-state index contributed by atoms with van der Waals surface area (Å²) >= 11 is 0. The summed E-state index contributed by atoms with van der Waals surface area (Å²) in [5.41, 5.74) is 0. The number of imidazole rings is 1. The molecule has 0 saturated heterocycles. The minimum Gasteiger partial charge on any atom is -1.00 e. The van der Waals surface area contributed by atoms with Gasteiger partial charge in [-0.1, -0.05) is 76.9 Å². The minimum atomic E-state index is 0. The van der Waals surface area contributed by atoms with Crippen molar-refractivity contribution in [2.24, 2.45) is 7.05 Å². The smallest absolute Gasteiger partial charge is 0.253 e. The van der Waals surface area contributed by atoms with Crippen molar-refractivity contribution in [2.75, 3.05) is 0 Å². The molecule has 0 spiro atoms. The molecule has 1 aromatic heterocycles. The molecule has 0 aliphatic rings. The molecule has 0 aromatic carbocycles. The maximum Gasteiger partial charge on any atom is 0.253 e. The lowest BCUT2D eigenvalue weighted by atomic mass is 10.1.